The minimum Gasteiger partial charge on any atom is -0.295 e. The minimum atomic E-state index is 0.786. The van der Waals surface area contributed by atoms with Gasteiger partial charge in [0.25, 0.3) is 0 Å². The number of anilines is 2. The van der Waals surface area contributed by atoms with Crippen LogP contribution >= 0.6 is 0 Å². The molecule has 0 aliphatic carbocycles. The Bertz CT molecular complexity index is 738. The number of nitrogens with zero attached hydrogens (tertiary/aromatic N) is 2. The lowest BCUT2D eigenvalue weighted by Gasteiger charge is -2.25. The van der Waals surface area contributed by atoms with Crippen molar-refractivity contribution in [2.45, 2.75) is 0 Å². The van der Waals surface area contributed by atoms with Crippen LogP contribution in [0, 0.1) is 0 Å². The summed E-state index contributed by atoms with van der Waals surface area (Å²) >= 11 is 0. The average molecular weight is 298 g/mol. The maximum absolute atomic E-state index is 4.75. The third-order valence-corrected chi connectivity index (χ3v) is 3.44. The van der Waals surface area contributed by atoms with Gasteiger partial charge in [-0.25, -0.2) is 4.99 Å². The van der Waals surface area contributed by atoms with Crippen LogP contribution in [-0.2, 0) is 0 Å². The number of aliphatic imine (C=N–C) groups is 1. The Kier molecular flexibility index (Phi) is 4.65. The highest BCUT2D eigenvalue weighted by Crippen LogP contribution is 2.27. The molecule has 0 bridgehead atoms. The second kappa shape index (κ2) is 7.23. The summed E-state index contributed by atoms with van der Waals surface area (Å²) in [6, 6.07) is 30.3. The first-order valence-electron chi connectivity index (χ1n) is 7.55. The third kappa shape index (κ3) is 3.55. The summed E-state index contributed by atoms with van der Waals surface area (Å²) in [6.07, 6.45) is 1.78. The van der Waals surface area contributed by atoms with Gasteiger partial charge in [-0.1, -0.05) is 61.2 Å². The van der Waals surface area contributed by atoms with E-state index >= 15 is 0 Å². The Morgan fingerprint density at radius 1 is 0.696 bits per heavy atom. The SMILES string of the molecule is C=C/C(=N\c1ccccc1)N(c1ccccc1)c1ccccc1. The molecule has 3 aromatic rings. The van der Waals surface area contributed by atoms with Gasteiger partial charge in [0, 0.05) is 11.4 Å². The lowest BCUT2D eigenvalue weighted by molar-refractivity contribution is 1.32. The van der Waals surface area contributed by atoms with E-state index in [4.69, 9.17) is 4.99 Å². The summed E-state index contributed by atoms with van der Waals surface area (Å²) in [6.45, 7) is 3.96. The maximum atomic E-state index is 4.75. The van der Waals surface area contributed by atoms with Crippen LogP contribution in [0.15, 0.2) is 109 Å². The van der Waals surface area contributed by atoms with Crippen molar-refractivity contribution in [1.29, 1.82) is 0 Å². The molecule has 2 heteroatoms. The van der Waals surface area contributed by atoms with E-state index in [0.717, 1.165) is 22.9 Å². The normalized spacial score (nSPS) is 11.0. The van der Waals surface area contributed by atoms with Gasteiger partial charge in [-0.2, -0.15) is 0 Å². The first-order valence-corrected chi connectivity index (χ1v) is 7.55. The van der Waals surface area contributed by atoms with Crippen LogP contribution in [0.5, 0.6) is 0 Å². The van der Waals surface area contributed by atoms with E-state index in [1.807, 2.05) is 66.7 Å². The summed E-state index contributed by atoms with van der Waals surface area (Å²) in [5.74, 6) is 0.786. The van der Waals surface area contributed by atoms with E-state index in [1.54, 1.807) is 6.08 Å². The summed E-state index contributed by atoms with van der Waals surface area (Å²) in [4.78, 5) is 6.85. The molecule has 0 fully saturated rings. The highest BCUT2D eigenvalue weighted by atomic mass is 15.2. The fraction of sp³-hybridized carbons (Fsp3) is 0. The van der Waals surface area contributed by atoms with Crippen LogP contribution in [0.25, 0.3) is 0 Å². The molecule has 0 spiro atoms. The molecule has 0 N–H and O–H groups in total. The molecule has 0 aliphatic rings. The highest BCUT2D eigenvalue weighted by molar-refractivity contribution is 6.11. The van der Waals surface area contributed by atoms with Crippen molar-refractivity contribution in [3.05, 3.63) is 104 Å². The van der Waals surface area contributed by atoms with Gasteiger partial charge in [-0.15, -0.1) is 0 Å². The maximum Gasteiger partial charge on any atom is 0.137 e. The molecular weight excluding hydrogens is 280 g/mol. The van der Waals surface area contributed by atoms with Crippen molar-refractivity contribution in [3.63, 3.8) is 0 Å². The van der Waals surface area contributed by atoms with Gasteiger partial charge >= 0.3 is 0 Å². The molecule has 0 atom stereocenters. The Morgan fingerprint density at radius 2 is 1.13 bits per heavy atom. The lowest BCUT2D eigenvalue weighted by Crippen LogP contribution is -2.23. The molecule has 2 nitrogen and oxygen atoms in total. The Balaban J connectivity index is 2.11. The molecule has 0 aromatic heterocycles. The van der Waals surface area contributed by atoms with E-state index in [2.05, 4.69) is 35.7 Å². The summed E-state index contributed by atoms with van der Waals surface area (Å²) in [7, 11) is 0. The standard InChI is InChI=1S/C21H18N2/c1-2-21(22-18-12-6-3-7-13-18)23(19-14-8-4-9-15-19)20-16-10-5-11-17-20/h2-17H,1H2/b22-21+. The smallest absolute Gasteiger partial charge is 0.137 e. The summed E-state index contributed by atoms with van der Waals surface area (Å²) in [5.41, 5.74) is 3.00. The van der Waals surface area contributed by atoms with Gasteiger partial charge < -0.3 is 0 Å². The Labute approximate surface area is 137 Å². The number of hydrogen-bond acceptors (Lipinski definition) is 1. The molecule has 0 saturated carbocycles. The monoisotopic (exact) mass is 298 g/mol. The molecule has 23 heavy (non-hydrogen) atoms. The van der Waals surface area contributed by atoms with E-state index in [0.29, 0.717) is 0 Å². The largest absolute Gasteiger partial charge is 0.295 e. The molecule has 0 heterocycles. The van der Waals surface area contributed by atoms with Crippen LogP contribution in [0.3, 0.4) is 0 Å². The van der Waals surface area contributed by atoms with Gasteiger partial charge in [0.05, 0.1) is 5.69 Å². The summed E-state index contributed by atoms with van der Waals surface area (Å²) in [5, 5.41) is 0. The van der Waals surface area contributed by atoms with Gasteiger partial charge in [0.15, 0.2) is 0 Å². The zero-order valence-electron chi connectivity index (χ0n) is 12.8. The predicted octanol–water partition coefficient (Wildman–Crippen LogP) is 5.74. The number of hydrogen-bond donors (Lipinski definition) is 0. The minimum absolute atomic E-state index is 0.786. The molecule has 0 saturated heterocycles. The molecule has 0 amide bonds. The second-order valence-corrected chi connectivity index (χ2v) is 5.02. The van der Waals surface area contributed by atoms with Gasteiger partial charge in [0.2, 0.25) is 0 Å². The fourth-order valence-corrected chi connectivity index (χ4v) is 2.39. The molecule has 0 aliphatic heterocycles. The highest BCUT2D eigenvalue weighted by Gasteiger charge is 2.13. The molecule has 3 rings (SSSR count). The Hall–Kier alpha value is -3.13. The van der Waals surface area contributed by atoms with Gasteiger partial charge in [0.1, 0.15) is 5.84 Å². The van der Waals surface area contributed by atoms with E-state index < -0.39 is 0 Å². The molecule has 3 aromatic carbocycles. The van der Waals surface area contributed by atoms with Crippen LogP contribution in [0.4, 0.5) is 17.1 Å². The van der Waals surface area contributed by atoms with Gasteiger partial charge in [-0.3, -0.25) is 4.90 Å². The van der Waals surface area contributed by atoms with Crippen LogP contribution in [-0.4, -0.2) is 5.84 Å². The number of para-hydroxylation sites is 3. The first-order chi connectivity index (χ1) is 11.4. The van der Waals surface area contributed by atoms with E-state index in [-0.39, 0.29) is 0 Å². The van der Waals surface area contributed by atoms with Crippen LogP contribution < -0.4 is 4.90 Å². The van der Waals surface area contributed by atoms with Crippen molar-refractivity contribution in [2.75, 3.05) is 4.90 Å². The van der Waals surface area contributed by atoms with Crippen molar-refractivity contribution < 1.29 is 0 Å². The van der Waals surface area contributed by atoms with Crippen molar-refractivity contribution in [1.82, 2.24) is 0 Å². The van der Waals surface area contributed by atoms with Crippen molar-refractivity contribution >= 4 is 22.9 Å². The topological polar surface area (TPSA) is 15.6 Å². The third-order valence-electron chi connectivity index (χ3n) is 3.44. The average Bonchev–Trinajstić information content (AvgIpc) is 2.64. The zero-order valence-corrected chi connectivity index (χ0v) is 12.8. The van der Waals surface area contributed by atoms with E-state index in [1.165, 1.54) is 0 Å². The zero-order chi connectivity index (χ0) is 15.9. The van der Waals surface area contributed by atoms with E-state index in [9.17, 15) is 0 Å². The molecule has 0 radical (unpaired) electrons. The second-order valence-electron chi connectivity index (χ2n) is 5.02. The summed E-state index contributed by atoms with van der Waals surface area (Å²) < 4.78 is 0. The quantitative estimate of drug-likeness (QED) is 0.443. The number of benzene rings is 3. The predicted molar refractivity (Wildman–Crippen MR) is 98.8 cm³/mol. The molecular formula is C21H18N2. The Morgan fingerprint density at radius 3 is 1.57 bits per heavy atom. The lowest BCUT2D eigenvalue weighted by atomic mass is 10.2. The number of rotatable bonds is 4. The number of amidine groups is 1. The van der Waals surface area contributed by atoms with Crippen molar-refractivity contribution in [2.24, 2.45) is 4.99 Å². The van der Waals surface area contributed by atoms with Crippen molar-refractivity contribution in [3.8, 4) is 0 Å². The first kappa shape index (κ1) is 14.8. The molecule has 0 unspecified atom stereocenters. The van der Waals surface area contributed by atoms with Crippen LogP contribution in [0.1, 0.15) is 0 Å². The molecule has 112 valence electrons. The van der Waals surface area contributed by atoms with Gasteiger partial charge in [-0.05, 0) is 42.5 Å². The van der Waals surface area contributed by atoms with Crippen LogP contribution in [0.2, 0.25) is 0 Å². The fourth-order valence-electron chi connectivity index (χ4n) is 2.39.